The van der Waals surface area contributed by atoms with Crippen LogP contribution in [0.25, 0.3) is 0 Å². The van der Waals surface area contributed by atoms with Crippen LogP contribution < -0.4 is 5.73 Å². The summed E-state index contributed by atoms with van der Waals surface area (Å²) in [5, 5.41) is 0. The topological polar surface area (TPSA) is 35.2 Å². The van der Waals surface area contributed by atoms with E-state index in [2.05, 4.69) is 6.92 Å². The summed E-state index contributed by atoms with van der Waals surface area (Å²) in [6.45, 7) is 3.19. The number of hydrogen-bond donors (Lipinski definition) is 1. The van der Waals surface area contributed by atoms with Crippen LogP contribution in [0.4, 0.5) is 0 Å². The summed E-state index contributed by atoms with van der Waals surface area (Å²) >= 11 is 0. The van der Waals surface area contributed by atoms with Crippen LogP contribution in [0.15, 0.2) is 0 Å². The highest BCUT2D eigenvalue weighted by Crippen LogP contribution is 2.18. The second kappa shape index (κ2) is 9.00. The van der Waals surface area contributed by atoms with E-state index in [1.165, 1.54) is 51.4 Å². The van der Waals surface area contributed by atoms with Crippen molar-refractivity contribution in [1.29, 1.82) is 0 Å². The molecule has 2 unspecified atom stereocenters. The lowest BCUT2D eigenvalue weighted by atomic mass is 9.98. The van der Waals surface area contributed by atoms with Crippen LogP contribution in [-0.2, 0) is 4.74 Å². The summed E-state index contributed by atoms with van der Waals surface area (Å²) < 4.78 is 5.71. The molecule has 2 N–H and O–H groups in total. The molecule has 0 bridgehead atoms. The summed E-state index contributed by atoms with van der Waals surface area (Å²) in [4.78, 5) is 0. The van der Waals surface area contributed by atoms with Crippen molar-refractivity contribution in [3.05, 3.63) is 0 Å². The molecule has 1 fully saturated rings. The zero-order valence-electron chi connectivity index (χ0n) is 10.9. The molecule has 16 heavy (non-hydrogen) atoms. The molecule has 2 nitrogen and oxygen atoms in total. The van der Waals surface area contributed by atoms with Gasteiger partial charge in [-0.15, -0.1) is 0 Å². The molecular weight excluding hydrogens is 198 g/mol. The van der Waals surface area contributed by atoms with Gasteiger partial charge in [0.15, 0.2) is 0 Å². The van der Waals surface area contributed by atoms with Crippen LogP contribution in [-0.4, -0.2) is 18.8 Å². The SMILES string of the molecule is CCCCCCCCCC1OCCCC1N. The number of rotatable bonds is 8. The molecule has 0 aliphatic carbocycles. The number of ether oxygens (including phenoxy) is 1. The minimum atomic E-state index is 0.300. The number of nitrogens with two attached hydrogens (primary N) is 1. The lowest BCUT2D eigenvalue weighted by molar-refractivity contribution is -0.00447. The summed E-state index contributed by atoms with van der Waals surface area (Å²) in [6, 6.07) is 0.300. The van der Waals surface area contributed by atoms with Gasteiger partial charge in [-0.2, -0.15) is 0 Å². The van der Waals surface area contributed by atoms with Crippen molar-refractivity contribution >= 4 is 0 Å². The molecule has 0 amide bonds. The van der Waals surface area contributed by atoms with Crippen molar-refractivity contribution in [3.63, 3.8) is 0 Å². The Kier molecular flexibility index (Phi) is 7.87. The van der Waals surface area contributed by atoms with Gasteiger partial charge < -0.3 is 10.5 Å². The first kappa shape index (κ1) is 14.0. The Bertz CT molecular complexity index is 161. The van der Waals surface area contributed by atoms with Crippen LogP contribution in [0, 0.1) is 0 Å². The minimum absolute atomic E-state index is 0.300. The Morgan fingerprint density at radius 2 is 1.75 bits per heavy atom. The molecule has 0 aromatic rings. The Morgan fingerprint density at radius 1 is 1.06 bits per heavy atom. The molecule has 0 saturated carbocycles. The van der Waals surface area contributed by atoms with Crippen LogP contribution >= 0.6 is 0 Å². The van der Waals surface area contributed by atoms with Crippen LogP contribution in [0.2, 0.25) is 0 Å². The molecule has 1 saturated heterocycles. The summed E-state index contributed by atoms with van der Waals surface area (Å²) in [6.07, 6.45) is 13.4. The van der Waals surface area contributed by atoms with Gasteiger partial charge in [0.2, 0.25) is 0 Å². The lowest BCUT2D eigenvalue weighted by Crippen LogP contribution is -2.40. The van der Waals surface area contributed by atoms with E-state index in [9.17, 15) is 0 Å². The van der Waals surface area contributed by atoms with Gasteiger partial charge in [-0.1, -0.05) is 51.9 Å². The molecule has 0 aromatic heterocycles. The maximum Gasteiger partial charge on any atom is 0.0725 e. The smallest absolute Gasteiger partial charge is 0.0725 e. The highest BCUT2D eigenvalue weighted by molar-refractivity contribution is 4.77. The molecule has 1 aliphatic rings. The van der Waals surface area contributed by atoms with Crippen LogP contribution in [0.1, 0.15) is 71.1 Å². The monoisotopic (exact) mass is 227 g/mol. The molecule has 0 spiro atoms. The Labute approximate surface area is 101 Å². The molecule has 96 valence electrons. The third-order valence-electron chi connectivity index (χ3n) is 3.58. The standard InChI is InChI=1S/C14H29NO/c1-2-3-4-5-6-7-8-11-14-13(15)10-9-12-16-14/h13-14H,2-12,15H2,1H3. The Hall–Kier alpha value is -0.0800. The van der Waals surface area contributed by atoms with Crippen molar-refractivity contribution in [2.24, 2.45) is 5.73 Å². The first-order valence-corrected chi connectivity index (χ1v) is 7.21. The highest BCUT2D eigenvalue weighted by atomic mass is 16.5. The van der Waals surface area contributed by atoms with E-state index < -0.39 is 0 Å². The van der Waals surface area contributed by atoms with E-state index >= 15 is 0 Å². The predicted molar refractivity (Wildman–Crippen MR) is 69.6 cm³/mol. The van der Waals surface area contributed by atoms with E-state index in [-0.39, 0.29) is 0 Å². The van der Waals surface area contributed by atoms with Gasteiger partial charge in [0.25, 0.3) is 0 Å². The first-order valence-electron chi connectivity index (χ1n) is 7.21. The van der Waals surface area contributed by atoms with Crippen LogP contribution in [0.3, 0.4) is 0 Å². The third kappa shape index (κ3) is 5.86. The average Bonchev–Trinajstić information content (AvgIpc) is 2.30. The van der Waals surface area contributed by atoms with E-state index in [0.29, 0.717) is 12.1 Å². The maximum atomic E-state index is 6.03. The predicted octanol–water partition coefficient (Wildman–Crippen LogP) is 3.63. The molecule has 1 rings (SSSR count). The second-order valence-electron chi connectivity index (χ2n) is 5.13. The van der Waals surface area contributed by atoms with E-state index in [4.69, 9.17) is 10.5 Å². The van der Waals surface area contributed by atoms with Crippen molar-refractivity contribution in [3.8, 4) is 0 Å². The van der Waals surface area contributed by atoms with Gasteiger partial charge >= 0.3 is 0 Å². The van der Waals surface area contributed by atoms with E-state index in [1.807, 2.05) is 0 Å². The van der Waals surface area contributed by atoms with Crippen molar-refractivity contribution in [2.75, 3.05) is 6.61 Å². The fraction of sp³-hybridized carbons (Fsp3) is 1.00. The molecule has 0 radical (unpaired) electrons. The highest BCUT2D eigenvalue weighted by Gasteiger charge is 2.21. The fourth-order valence-corrected chi connectivity index (χ4v) is 2.46. The summed E-state index contributed by atoms with van der Waals surface area (Å²) in [5.41, 5.74) is 6.03. The van der Waals surface area contributed by atoms with E-state index in [0.717, 1.165) is 19.4 Å². The van der Waals surface area contributed by atoms with Crippen molar-refractivity contribution in [2.45, 2.75) is 83.3 Å². The van der Waals surface area contributed by atoms with Gasteiger partial charge in [0.05, 0.1) is 6.10 Å². The minimum Gasteiger partial charge on any atom is -0.377 e. The molecule has 2 atom stereocenters. The zero-order chi connectivity index (χ0) is 11.6. The fourth-order valence-electron chi connectivity index (χ4n) is 2.46. The maximum absolute atomic E-state index is 6.03. The normalized spacial score (nSPS) is 25.9. The van der Waals surface area contributed by atoms with Gasteiger partial charge in [0.1, 0.15) is 0 Å². The molecular formula is C14H29NO. The van der Waals surface area contributed by atoms with Crippen molar-refractivity contribution in [1.82, 2.24) is 0 Å². The molecule has 1 aliphatic heterocycles. The molecule has 0 aromatic carbocycles. The van der Waals surface area contributed by atoms with Gasteiger partial charge in [-0.05, 0) is 19.3 Å². The first-order chi connectivity index (χ1) is 7.84. The third-order valence-corrected chi connectivity index (χ3v) is 3.58. The Balaban J connectivity index is 1.90. The van der Waals surface area contributed by atoms with Crippen molar-refractivity contribution < 1.29 is 4.74 Å². The molecule has 2 heteroatoms. The summed E-state index contributed by atoms with van der Waals surface area (Å²) in [7, 11) is 0. The van der Waals surface area contributed by atoms with Gasteiger partial charge in [0, 0.05) is 12.6 Å². The second-order valence-corrected chi connectivity index (χ2v) is 5.13. The largest absolute Gasteiger partial charge is 0.377 e. The Morgan fingerprint density at radius 3 is 2.44 bits per heavy atom. The van der Waals surface area contributed by atoms with Gasteiger partial charge in [-0.25, -0.2) is 0 Å². The van der Waals surface area contributed by atoms with Crippen LogP contribution in [0.5, 0.6) is 0 Å². The summed E-state index contributed by atoms with van der Waals surface area (Å²) in [5.74, 6) is 0. The van der Waals surface area contributed by atoms with E-state index in [1.54, 1.807) is 0 Å². The quantitative estimate of drug-likeness (QED) is 0.643. The average molecular weight is 227 g/mol. The zero-order valence-corrected chi connectivity index (χ0v) is 10.9. The lowest BCUT2D eigenvalue weighted by Gasteiger charge is -2.28. The number of hydrogen-bond acceptors (Lipinski definition) is 2. The number of unbranched alkanes of at least 4 members (excludes halogenated alkanes) is 6. The van der Waals surface area contributed by atoms with Gasteiger partial charge in [-0.3, -0.25) is 0 Å². The molecule has 1 heterocycles.